The molecule has 1 fully saturated rings. The molecule has 158 valence electrons. The highest BCUT2D eigenvalue weighted by molar-refractivity contribution is 7.99. The maximum Gasteiger partial charge on any atom is 0.215 e. The van der Waals surface area contributed by atoms with Crippen molar-refractivity contribution in [3.63, 3.8) is 0 Å². The zero-order chi connectivity index (χ0) is 20.6. The van der Waals surface area contributed by atoms with E-state index < -0.39 is 10.0 Å². The van der Waals surface area contributed by atoms with E-state index in [-0.39, 0.29) is 5.75 Å². The summed E-state index contributed by atoms with van der Waals surface area (Å²) in [5, 5.41) is 3.14. The minimum Gasteiger partial charge on any atom is -0.497 e. The number of hydrogen-bond acceptors (Lipinski definition) is 6. The Bertz CT molecular complexity index is 765. The van der Waals surface area contributed by atoms with Crippen LogP contribution in [-0.2, 0) is 16.6 Å². The van der Waals surface area contributed by atoms with Crippen LogP contribution in [-0.4, -0.2) is 88.8 Å². The number of aliphatic imine (C=N–C) groups is 1. The van der Waals surface area contributed by atoms with Gasteiger partial charge in [0.15, 0.2) is 5.96 Å². The third-order valence-electron chi connectivity index (χ3n) is 4.48. The number of thioether (sulfide) groups is 1. The summed E-state index contributed by atoms with van der Waals surface area (Å²) in [5.74, 6) is 3.86. The standard InChI is InChI=1S/C18H30N4O4S2/c1-19-18(20-7-12-28(23,24)22-8-10-27-11-9-22)21(2)14-15-5-6-16(25-3)13-17(15)26-4/h5-6,13H,7-12,14H2,1-4H3,(H,19,20). The van der Waals surface area contributed by atoms with E-state index in [1.807, 2.05) is 30.1 Å². The Morgan fingerprint density at radius 2 is 2.00 bits per heavy atom. The molecule has 1 aromatic carbocycles. The molecule has 1 saturated heterocycles. The van der Waals surface area contributed by atoms with Crippen LogP contribution in [0.5, 0.6) is 11.5 Å². The molecular formula is C18H30N4O4S2. The fourth-order valence-corrected chi connectivity index (χ4v) is 5.43. The van der Waals surface area contributed by atoms with E-state index in [2.05, 4.69) is 10.3 Å². The van der Waals surface area contributed by atoms with Crippen LogP contribution >= 0.6 is 11.8 Å². The number of guanidine groups is 1. The average molecular weight is 431 g/mol. The van der Waals surface area contributed by atoms with E-state index in [0.717, 1.165) is 28.6 Å². The average Bonchev–Trinajstić information content (AvgIpc) is 2.72. The Kier molecular flexibility index (Phi) is 8.71. The highest BCUT2D eigenvalue weighted by Crippen LogP contribution is 2.25. The van der Waals surface area contributed by atoms with Crippen LogP contribution in [0, 0.1) is 0 Å². The Morgan fingerprint density at radius 1 is 1.29 bits per heavy atom. The van der Waals surface area contributed by atoms with Gasteiger partial charge in [-0.1, -0.05) is 0 Å². The SMILES string of the molecule is CN=C(NCCS(=O)(=O)N1CCSCC1)N(C)Cc1ccc(OC)cc1OC. The lowest BCUT2D eigenvalue weighted by Gasteiger charge is -2.26. The maximum absolute atomic E-state index is 12.5. The highest BCUT2D eigenvalue weighted by atomic mass is 32.2. The van der Waals surface area contributed by atoms with Crippen molar-refractivity contribution in [1.82, 2.24) is 14.5 Å². The van der Waals surface area contributed by atoms with Crippen LogP contribution in [0.15, 0.2) is 23.2 Å². The Morgan fingerprint density at radius 3 is 2.61 bits per heavy atom. The second-order valence-electron chi connectivity index (χ2n) is 6.34. The fraction of sp³-hybridized carbons (Fsp3) is 0.611. The van der Waals surface area contributed by atoms with Gasteiger partial charge in [-0.2, -0.15) is 11.8 Å². The summed E-state index contributed by atoms with van der Waals surface area (Å²) in [6.45, 7) is 2.06. The third kappa shape index (κ3) is 6.18. The quantitative estimate of drug-likeness (QED) is 0.488. The van der Waals surface area contributed by atoms with E-state index in [9.17, 15) is 8.42 Å². The third-order valence-corrected chi connectivity index (χ3v) is 7.30. The number of hydrogen-bond donors (Lipinski definition) is 1. The minimum absolute atomic E-state index is 0.0520. The van der Waals surface area contributed by atoms with Crippen LogP contribution in [0.3, 0.4) is 0 Å². The van der Waals surface area contributed by atoms with Gasteiger partial charge >= 0.3 is 0 Å². The molecule has 1 N–H and O–H groups in total. The normalized spacial score (nSPS) is 15.9. The van der Waals surface area contributed by atoms with Crippen molar-refractivity contribution in [1.29, 1.82) is 0 Å². The van der Waals surface area contributed by atoms with Gasteiger partial charge in [0.1, 0.15) is 11.5 Å². The molecule has 1 aliphatic rings. The van der Waals surface area contributed by atoms with E-state index in [1.54, 1.807) is 37.3 Å². The number of rotatable bonds is 8. The van der Waals surface area contributed by atoms with Gasteiger partial charge in [0.05, 0.1) is 20.0 Å². The predicted octanol–water partition coefficient (Wildman–Crippen LogP) is 1.09. The zero-order valence-corrected chi connectivity index (χ0v) is 18.6. The van der Waals surface area contributed by atoms with Crippen LogP contribution in [0.4, 0.5) is 0 Å². The molecule has 28 heavy (non-hydrogen) atoms. The summed E-state index contributed by atoms with van der Waals surface area (Å²) in [5.41, 5.74) is 0.979. The van der Waals surface area contributed by atoms with Crippen molar-refractivity contribution in [3.05, 3.63) is 23.8 Å². The molecule has 0 aliphatic carbocycles. The second kappa shape index (κ2) is 10.8. The van der Waals surface area contributed by atoms with Gasteiger partial charge in [0.25, 0.3) is 0 Å². The largest absolute Gasteiger partial charge is 0.497 e. The van der Waals surface area contributed by atoms with Crippen molar-refractivity contribution in [3.8, 4) is 11.5 Å². The number of benzene rings is 1. The minimum atomic E-state index is -3.24. The van der Waals surface area contributed by atoms with Crippen molar-refractivity contribution in [2.75, 3.05) is 65.2 Å². The lowest BCUT2D eigenvalue weighted by Crippen LogP contribution is -2.44. The van der Waals surface area contributed by atoms with Crippen molar-refractivity contribution in [2.24, 2.45) is 4.99 Å². The van der Waals surface area contributed by atoms with Gasteiger partial charge < -0.3 is 19.7 Å². The van der Waals surface area contributed by atoms with Crippen LogP contribution in [0.25, 0.3) is 0 Å². The molecule has 0 amide bonds. The van der Waals surface area contributed by atoms with E-state index in [0.29, 0.717) is 32.1 Å². The fourth-order valence-electron chi connectivity index (χ4n) is 2.94. The molecule has 0 aromatic heterocycles. The molecule has 0 atom stereocenters. The first-order valence-electron chi connectivity index (χ1n) is 9.09. The van der Waals surface area contributed by atoms with E-state index >= 15 is 0 Å². The van der Waals surface area contributed by atoms with Gasteiger partial charge in [0.2, 0.25) is 10.0 Å². The first-order chi connectivity index (χ1) is 13.4. The van der Waals surface area contributed by atoms with Gasteiger partial charge in [-0.15, -0.1) is 0 Å². The molecule has 0 spiro atoms. The molecule has 2 rings (SSSR count). The molecule has 1 aromatic rings. The Hall–Kier alpha value is -1.65. The topological polar surface area (TPSA) is 83.5 Å². The number of nitrogens with zero attached hydrogens (tertiary/aromatic N) is 3. The van der Waals surface area contributed by atoms with Gasteiger partial charge in [-0.3, -0.25) is 4.99 Å². The molecule has 8 nitrogen and oxygen atoms in total. The van der Waals surface area contributed by atoms with E-state index in [1.165, 1.54) is 0 Å². The first kappa shape index (κ1) is 22.6. The summed E-state index contributed by atoms with van der Waals surface area (Å²) in [6, 6.07) is 5.66. The highest BCUT2D eigenvalue weighted by Gasteiger charge is 2.23. The summed E-state index contributed by atoms with van der Waals surface area (Å²) < 4.78 is 37.2. The summed E-state index contributed by atoms with van der Waals surface area (Å²) in [7, 11) is 3.57. The predicted molar refractivity (Wildman–Crippen MR) is 115 cm³/mol. The van der Waals surface area contributed by atoms with Crippen molar-refractivity contribution in [2.45, 2.75) is 6.54 Å². The Labute approximate surface area is 172 Å². The number of methoxy groups -OCH3 is 2. The maximum atomic E-state index is 12.5. The summed E-state index contributed by atoms with van der Waals surface area (Å²) in [4.78, 5) is 6.18. The smallest absolute Gasteiger partial charge is 0.215 e. The number of sulfonamides is 1. The van der Waals surface area contributed by atoms with Crippen LogP contribution in [0.1, 0.15) is 5.56 Å². The zero-order valence-electron chi connectivity index (χ0n) is 17.0. The summed E-state index contributed by atoms with van der Waals surface area (Å²) >= 11 is 1.79. The van der Waals surface area contributed by atoms with Crippen LogP contribution in [0.2, 0.25) is 0 Å². The molecular weight excluding hydrogens is 400 g/mol. The molecule has 0 unspecified atom stereocenters. The van der Waals surface area contributed by atoms with Gasteiger partial charge in [0, 0.05) is 63.4 Å². The monoisotopic (exact) mass is 430 g/mol. The molecule has 1 heterocycles. The lowest BCUT2D eigenvalue weighted by molar-refractivity contribution is 0.382. The van der Waals surface area contributed by atoms with Gasteiger partial charge in [-0.05, 0) is 12.1 Å². The lowest BCUT2D eigenvalue weighted by atomic mass is 10.2. The molecule has 10 heteroatoms. The summed E-state index contributed by atoms with van der Waals surface area (Å²) in [6.07, 6.45) is 0. The number of ether oxygens (including phenoxy) is 2. The van der Waals surface area contributed by atoms with Crippen LogP contribution < -0.4 is 14.8 Å². The molecule has 0 radical (unpaired) electrons. The van der Waals surface area contributed by atoms with Crippen molar-refractivity contribution < 1.29 is 17.9 Å². The van der Waals surface area contributed by atoms with Crippen molar-refractivity contribution >= 4 is 27.7 Å². The Balaban J connectivity index is 1.92. The second-order valence-corrected chi connectivity index (χ2v) is 9.65. The molecule has 0 bridgehead atoms. The molecule has 0 saturated carbocycles. The van der Waals surface area contributed by atoms with E-state index in [4.69, 9.17) is 9.47 Å². The van der Waals surface area contributed by atoms with Gasteiger partial charge in [-0.25, -0.2) is 12.7 Å². The first-order valence-corrected chi connectivity index (χ1v) is 11.9. The number of nitrogens with one attached hydrogen (secondary N) is 1. The molecule has 1 aliphatic heterocycles.